The smallest absolute Gasteiger partial charge is 0.260 e. The summed E-state index contributed by atoms with van der Waals surface area (Å²) in [5.41, 5.74) is 1.93. The first-order valence-electron chi connectivity index (χ1n) is 11.9. The molecule has 0 fully saturated rings. The average molecular weight is 492 g/mol. The van der Waals surface area contributed by atoms with Gasteiger partial charge in [-0.3, -0.25) is 19.2 Å². The van der Waals surface area contributed by atoms with E-state index >= 15 is 0 Å². The van der Waals surface area contributed by atoms with Gasteiger partial charge in [0.1, 0.15) is 12.4 Å². The SMILES string of the molecule is Cc1ccc2c(c1)C(=O)NCCN(C(=O)c1ccc3c(=O)n(C)cnc3c1)CCCC(=O)NCCO2. The largest absolute Gasteiger partial charge is 0.491 e. The zero-order chi connectivity index (χ0) is 25.7. The van der Waals surface area contributed by atoms with Gasteiger partial charge in [-0.15, -0.1) is 0 Å². The number of ether oxygens (including phenoxy) is 1. The molecule has 3 aromatic rings. The van der Waals surface area contributed by atoms with Crippen LogP contribution in [0.4, 0.5) is 0 Å². The monoisotopic (exact) mass is 491 g/mol. The van der Waals surface area contributed by atoms with E-state index in [1.165, 1.54) is 10.9 Å². The van der Waals surface area contributed by atoms with E-state index < -0.39 is 0 Å². The third kappa shape index (κ3) is 5.70. The predicted octanol–water partition coefficient (Wildman–Crippen LogP) is 1.40. The quantitative estimate of drug-likeness (QED) is 0.531. The molecule has 0 radical (unpaired) electrons. The number of hydrogen-bond acceptors (Lipinski definition) is 6. The molecular weight excluding hydrogens is 462 g/mol. The molecule has 0 atom stereocenters. The Balaban J connectivity index is 1.56. The topological polar surface area (TPSA) is 123 Å². The molecule has 188 valence electrons. The van der Waals surface area contributed by atoms with Gasteiger partial charge in [-0.25, -0.2) is 4.98 Å². The van der Waals surface area contributed by atoms with Crippen molar-refractivity contribution in [3.8, 4) is 5.75 Å². The molecule has 3 amide bonds. The van der Waals surface area contributed by atoms with E-state index in [9.17, 15) is 19.2 Å². The summed E-state index contributed by atoms with van der Waals surface area (Å²) in [6.45, 7) is 3.22. The summed E-state index contributed by atoms with van der Waals surface area (Å²) in [5.74, 6) is -0.265. The van der Waals surface area contributed by atoms with Gasteiger partial charge in [-0.2, -0.15) is 0 Å². The Hall–Kier alpha value is -4.21. The molecule has 1 aliphatic rings. The number of fused-ring (bicyclic) bond motifs is 2. The van der Waals surface area contributed by atoms with Crippen molar-refractivity contribution in [3.05, 3.63) is 69.8 Å². The van der Waals surface area contributed by atoms with Crippen molar-refractivity contribution < 1.29 is 19.1 Å². The van der Waals surface area contributed by atoms with Crippen LogP contribution in [0.1, 0.15) is 39.1 Å². The summed E-state index contributed by atoms with van der Waals surface area (Å²) in [6, 6.07) is 10.1. The minimum atomic E-state index is -0.300. The van der Waals surface area contributed by atoms with Crippen LogP contribution in [0.15, 0.2) is 47.5 Å². The molecule has 1 aromatic heterocycles. The number of nitrogens with one attached hydrogen (secondary N) is 2. The van der Waals surface area contributed by atoms with Crippen molar-refractivity contribution in [2.75, 3.05) is 32.8 Å². The van der Waals surface area contributed by atoms with Gasteiger partial charge in [0.15, 0.2) is 0 Å². The van der Waals surface area contributed by atoms with Gasteiger partial charge < -0.3 is 24.8 Å². The minimum absolute atomic E-state index is 0.134. The third-order valence-corrected chi connectivity index (χ3v) is 6.01. The molecular formula is C26H29N5O5. The number of amides is 3. The van der Waals surface area contributed by atoms with Crippen LogP contribution < -0.4 is 20.9 Å². The molecule has 2 N–H and O–H groups in total. The second-order valence-electron chi connectivity index (χ2n) is 8.74. The summed E-state index contributed by atoms with van der Waals surface area (Å²) in [6.07, 6.45) is 2.13. The molecule has 10 nitrogen and oxygen atoms in total. The Kier molecular flexibility index (Phi) is 7.62. The van der Waals surface area contributed by atoms with Crippen molar-refractivity contribution in [1.29, 1.82) is 0 Å². The van der Waals surface area contributed by atoms with Gasteiger partial charge in [0, 0.05) is 38.7 Å². The lowest BCUT2D eigenvalue weighted by Gasteiger charge is -2.23. The van der Waals surface area contributed by atoms with Crippen molar-refractivity contribution in [2.24, 2.45) is 7.05 Å². The molecule has 2 aromatic carbocycles. The molecule has 1 aliphatic heterocycles. The number of aryl methyl sites for hydroxylation is 2. The van der Waals surface area contributed by atoms with Gasteiger partial charge in [-0.05, 0) is 43.7 Å². The fraction of sp³-hybridized carbons (Fsp3) is 0.346. The summed E-state index contributed by atoms with van der Waals surface area (Å²) >= 11 is 0. The van der Waals surface area contributed by atoms with Crippen molar-refractivity contribution in [2.45, 2.75) is 19.8 Å². The van der Waals surface area contributed by atoms with E-state index in [-0.39, 0.29) is 49.4 Å². The molecule has 2 heterocycles. The normalized spacial score (nSPS) is 15.7. The van der Waals surface area contributed by atoms with E-state index in [2.05, 4.69) is 15.6 Å². The highest BCUT2D eigenvalue weighted by Gasteiger charge is 2.19. The van der Waals surface area contributed by atoms with Gasteiger partial charge in [0.05, 0.1) is 29.3 Å². The van der Waals surface area contributed by atoms with Gasteiger partial charge >= 0.3 is 0 Å². The highest BCUT2D eigenvalue weighted by Crippen LogP contribution is 2.20. The first-order chi connectivity index (χ1) is 17.3. The second kappa shape index (κ2) is 11.0. The van der Waals surface area contributed by atoms with E-state index in [1.807, 2.05) is 13.0 Å². The number of rotatable bonds is 1. The summed E-state index contributed by atoms with van der Waals surface area (Å²) in [4.78, 5) is 56.7. The Morgan fingerprint density at radius 3 is 2.69 bits per heavy atom. The molecule has 0 saturated carbocycles. The standard InChI is InChI=1S/C26H29N5O5/c1-17-5-8-22-20(14-17)24(33)28-9-12-31(11-3-4-23(32)27-10-13-36-22)25(34)18-6-7-19-21(15-18)29-16-30(2)26(19)35/h5-8,14-16H,3-4,9-13H2,1-2H3,(H,27,32)(H,28,33). The van der Waals surface area contributed by atoms with Crippen molar-refractivity contribution in [1.82, 2.24) is 25.1 Å². The van der Waals surface area contributed by atoms with E-state index in [1.54, 1.807) is 42.3 Å². The van der Waals surface area contributed by atoms with Crippen LogP contribution in [-0.4, -0.2) is 65.0 Å². The molecule has 0 saturated heterocycles. The van der Waals surface area contributed by atoms with Crippen LogP contribution in [0.25, 0.3) is 10.9 Å². The Morgan fingerprint density at radius 1 is 1.03 bits per heavy atom. The van der Waals surface area contributed by atoms with Crippen LogP contribution in [0.5, 0.6) is 5.75 Å². The first kappa shape index (κ1) is 24.9. The lowest BCUT2D eigenvalue weighted by atomic mass is 10.1. The van der Waals surface area contributed by atoms with Crippen LogP contribution >= 0.6 is 0 Å². The fourth-order valence-corrected chi connectivity index (χ4v) is 4.06. The van der Waals surface area contributed by atoms with Crippen LogP contribution in [0.3, 0.4) is 0 Å². The van der Waals surface area contributed by atoms with E-state index in [0.29, 0.717) is 47.3 Å². The minimum Gasteiger partial charge on any atom is -0.491 e. The Labute approximate surface area is 208 Å². The molecule has 0 spiro atoms. The second-order valence-corrected chi connectivity index (χ2v) is 8.74. The average Bonchev–Trinajstić information content (AvgIpc) is 2.87. The number of aromatic nitrogens is 2. The molecule has 36 heavy (non-hydrogen) atoms. The highest BCUT2D eigenvalue weighted by molar-refractivity contribution is 5.98. The van der Waals surface area contributed by atoms with Crippen LogP contribution in [0, 0.1) is 6.92 Å². The lowest BCUT2D eigenvalue weighted by Crippen LogP contribution is -2.39. The Bertz CT molecular complexity index is 1370. The predicted molar refractivity (Wildman–Crippen MR) is 134 cm³/mol. The summed E-state index contributed by atoms with van der Waals surface area (Å²) in [7, 11) is 1.62. The number of benzene rings is 2. The maximum Gasteiger partial charge on any atom is 0.260 e. The number of hydrogen-bond donors (Lipinski definition) is 2. The fourth-order valence-electron chi connectivity index (χ4n) is 4.06. The van der Waals surface area contributed by atoms with Crippen molar-refractivity contribution >= 4 is 28.6 Å². The van der Waals surface area contributed by atoms with Gasteiger partial charge in [0.25, 0.3) is 17.4 Å². The van der Waals surface area contributed by atoms with Gasteiger partial charge in [0.2, 0.25) is 5.91 Å². The molecule has 0 aliphatic carbocycles. The molecule has 0 bridgehead atoms. The molecule has 4 rings (SSSR count). The van der Waals surface area contributed by atoms with E-state index in [0.717, 1.165) is 5.56 Å². The Morgan fingerprint density at radius 2 is 1.86 bits per heavy atom. The zero-order valence-corrected chi connectivity index (χ0v) is 20.4. The van der Waals surface area contributed by atoms with E-state index in [4.69, 9.17) is 4.74 Å². The summed E-state index contributed by atoms with van der Waals surface area (Å²) in [5, 5.41) is 6.10. The number of nitrogens with zero attached hydrogens (tertiary/aromatic N) is 3. The molecule has 10 heteroatoms. The summed E-state index contributed by atoms with van der Waals surface area (Å²) < 4.78 is 7.12. The zero-order valence-electron chi connectivity index (χ0n) is 20.4. The van der Waals surface area contributed by atoms with Crippen LogP contribution in [0.2, 0.25) is 0 Å². The highest BCUT2D eigenvalue weighted by atomic mass is 16.5. The maximum atomic E-state index is 13.4. The molecule has 0 unspecified atom stereocenters. The van der Waals surface area contributed by atoms with Gasteiger partial charge in [-0.1, -0.05) is 11.6 Å². The number of carbonyl (C=O) groups excluding carboxylic acids is 3. The van der Waals surface area contributed by atoms with Crippen molar-refractivity contribution in [3.63, 3.8) is 0 Å². The third-order valence-electron chi connectivity index (χ3n) is 6.01. The number of carbonyl (C=O) groups is 3. The lowest BCUT2D eigenvalue weighted by molar-refractivity contribution is -0.121. The van der Waals surface area contributed by atoms with Crippen LogP contribution in [-0.2, 0) is 11.8 Å². The first-order valence-corrected chi connectivity index (χ1v) is 11.9. The maximum absolute atomic E-state index is 13.4.